The van der Waals surface area contributed by atoms with Crippen LogP contribution in [0.25, 0.3) is 0 Å². The van der Waals surface area contributed by atoms with Gasteiger partial charge in [-0.1, -0.05) is 13.8 Å². The van der Waals surface area contributed by atoms with Gasteiger partial charge >= 0.3 is 0 Å². The molecule has 0 unspecified atom stereocenters. The highest BCUT2D eigenvalue weighted by molar-refractivity contribution is 4.97. The molecule has 0 amide bonds. The van der Waals surface area contributed by atoms with Crippen molar-refractivity contribution in [3.8, 4) is 0 Å². The summed E-state index contributed by atoms with van der Waals surface area (Å²) in [6.07, 6.45) is 5.95. The van der Waals surface area contributed by atoms with Gasteiger partial charge in [-0.3, -0.25) is 0 Å². The van der Waals surface area contributed by atoms with Crippen LogP contribution in [0.3, 0.4) is 0 Å². The van der Waals surface area contributed by atoms with Gasteiger partial charge in [-0.2, -0.15) is 0 Å². The standard InChI is InChI=1S/C10H16O2/c1-8-6-9(2)10(12-7-8)4-3-5-11-10/h3,5,8-9H,4,6-7H2,1-2H3/t8-,9+,10-/m0/s1. The minimum absolute atomic E-state index is 0.299. The molecule has 2 heterocycles. The van der Waals surface area contributed by atoms with E-state index in [4.69, 9.17) is 9.47 Å². The average Bonchev–Trinajstić information content (AvgIpc) is 2.48. The zero-order chi connectivity index (χ0) is 8.60. The molecular weight excluding hydrogens is 152 g/mol. The molecule has 12 heavy (non-hydrogen) atoms. The summed E-state index contributed by atoms with van der Waals surface area (Å²) in [6.45, 7) is 5.28. The van der Waals surface area contributed by atoms with Crippen molar-refractivity contribution in [3.63, 3.8) is 0 Å². The van der Waals surface area contributed by atoms with E-state index >= 15 is 0 Å². The van der Waals surface area contributed by atoms with Crippen molar-refractivity contribution < 1.29 is 9.47 Å². The van der Waals surface area contributed by atoms with Crippen LogP contribution in [0.15, 0.2) is 12.3 Å². The molecule has 0 N–H and O–H groups in total. The molecule has 0 aromatic heterocycles. The maximum absolute atomic E-state index is 5.77. The molecular formula is C10H16O2. The van der Waals surface area contributed by atoms with Crippen LogP contribution in [-0.4, -0.2) is 12.4 Å². The molecule has 2 aliphatic heterocycles. The van der Waals surface area contributed by atoms with Gasteiger partial charge in [0.1, 0.15) is 0 Å². The Labute approximate surface area is 73.5 Å². The monoisotopic (exact) mass is 168 g/mol. The maximum Gasteiger partial charge on any atom is 0.215 e. The molecule has 2 rings (SSSR count). The highest BCUT2D eigenvalue weighted by Crippen LogP contribution is 2.40. The molecule has 0 saturated carbocycles. The second-order valence-electron chi connectivity index (χ2n) is 4.06. The maximum atomic E-state index is 5.77. The molecule has 0 aliphatic carbocycles. The van der Waals surface area contributed by atoms with Crippen LogP contribution in [0.1, 0.15) is 26.7 Å². The first kappa shape index (κ1) is 8.11. The Hall–Kier alpha value is -0.500. The predicted molar refractivity (Wildman–Crippen MR) is 46.5 cm³/mol. The molecule has 0 aromatic rings. The van der Waals surface area contributed by atoms with Gasteiger partial charge < -0.3 is 9.47 Å². The fourth-order valence-corrected chi connectivity index (χ4v) is 2.11. The highest BCUT2D eigenvalue weighted by Gasteiger charge is 2.44. The molecule has 3 atom stereocenters. The predicted octanol–water partition coefficient (Wildman–Crippen LogP) is 2.31. The molecule has 1 fully saturated rings. The van der Waals surface area contributed by atoms with Crippen LogP contribution < -0.4 is 0 Å². The van der Waals surface area contributed by atoms with Crippen molar-refractivity contribution in [2.75, 3.05) is 6.61 Å². The summed E-state index contributed by atoms with van der Waals surface area (Å²) in [5.74, 6) is 0.887. The van der Waals surface area contributed by atoms with Crippen molar-refractivity contribution in [3.05, 3.63) is 12.3 Å². The van der Waals surface area contributed by atoms with Gasteiger partial charge in [0.2, 0.25) is 5.79 Å². The van der Waals surface area contributed by atoms with Gasteiger partial charge in [0.05, 0.1) is 12.9 Å². The van der Waals surface area contributed by atoms with Crippen LogP contribution in [0.5, 0.6) is 0 Å². The zero-order valence-electron chi connectivity index (χ0n) is 7.75. The van der Waals surface area contributed by atoms with E-state index in [9.17, 15) is 0 Å². The third-order valence-electron chi connectivity index (χ3n) is 2.89. The Bertz CT molecular complexity index is 190. The van der Waals surface area contributed by atoms with Gasteiger partial charge in [0, 0.05) is 12.3 Å². The molecule has 68 valence electrons. The number of hydrogen-bond acceptors (Lipinski definition) is 2. The fourth-order valence-electron chi connectivity index (χ4n) is 2.11. The van der Waals surface area contributed by atoms with Crippen LogP contribution >= 0.6 is 0 Å². The van der Waals surface area contributed by atoms with Crippen molar-refractivity contribution in [1.82, 2.24) is 0 Å². The largest absolute Gasteiger partial charge is 0.470 e. The summed E-state index contributed by atoms with van der Waals surface area (Å²) in [6, 6.07) is 0. The third kappa shape index (κ3) is 1.14. The van der Waals surface area contributed by atoms with Crippen LogP contribution in [0.4, 0.5) is 0 Å². The lowest BCUT2D eigenvalue weighted by atomic mass is 9.86. The second kappa shape index (κ2) is 2.77. The number of rotatable bonds is 0. The van der Waals surface area contributed by atoms with Crippen LogP contribution in [0.2, 0.25) is 0 Å². The third-order valence-corrected chi connectivity index (χ3v) is 2.89. The van der Waals surface area contributed by atoms with E-state index in [1.165, 1.54) is 6.42 Å². The van der Waals surface area contributed by atoms with E-state index in [0.717, 1.165) is 13.0 Å². The minimum Gasteiger partial charge on any atom is -0.470 e. The summed E-state index contributed by atoms with van der Waals surface area (Å²) >= 11 is 0. The fraction of sp³-hybridized carbons (Fsp3) is 0.800. The van der Waals surface area contributed by atoms with Gasteiger partial charge in [0.15, 0.2) is 0 Å². The Morgan fingerprint density at radius 2 is 2.25 bits per heavy atom. The van der Waals surface area contributed by atoms with Gasteiger partial charge in [0.25, 0.3) is 0 Å². The molecule has 2 heteroatoms. The quantitative estimate of drug-likeness (QED) is 0.552. The average molecular weight is 168 g/mol. The lowest BCUT2D eigenvalue weighted by Gasteiger charge is -2.40. The first-order valence-electron chi connectivity index (χ1n) is 4.70. The Morgan fingerprint density at radius 3 is 2.83 bits per heavy atom. The van der Waals surface area contributed by atoms with Gasteiger partial charge in [-0.05, 0) is 18.4 Å². The Kier molecular flexibility index (Phi) is 1.87. The van der Waals surface area contributed by atoms with Gasteiger partial charge in [-0.25, -0.2) is 0 Å². The van der Waals surface area contributed by atoms with E-state index < -0.39 is 0 Å². The van der Waals surface area contributed by atoms with E-state index in [0.29, 0.717) is 11.8 Å². The summed E-state index contributed by atoms with van der Waals surface area (Å²) < 4.78 is 11.3. The van der Waals surface area contributed by atoms with E-state index in [1.54, 1.807) is 6.26 Å². The molecule has 1 saturated heterocycles. The zero-order valence-corrected chi connectivity index (χ0v) is 7.75. The Morgan fingerprint density at radius 1 is 1.42 bits per heavy atom. The van der Waals surface area contributed by atoms with Crippen molar-refractivity contribution in [1.29, 1.82) is 0 Å². The minimum atomic E-state index is -0.299. The first-order chi connectivity index (χ1) is 5.73. The lowest BCUT2D eigenvalue weighted by molar-refractivity contribution is -0.254. The number of hydrogen-bond donors (Lipinski definition) is 0. The molecule has 0 bridgehead atoms. The van der Waals surface area contributed by atoms with Crippen molar-refractivity contribution in [2.45, 2.75) is 32.5 Å². The SMILES string of the molecule is C[C@@H]1CO[C@@]2(CC=CO2)[C@H](C)C1. The summed E-state index contributed by atoms with van der Waals surface area (Å²) in [4.78, 5) is 0. The summed E-state index contributed by atoms with van der Waals surface area (Å²) in [5, 5.41) is 0. The molecule has 1 spiro atoms. The van der Waals surface area contributed by atoms with Crippen molar-refractivity contribution in [2.24, 2.45) is 11.8 Å². The molecule has 0 radical (unpaired) electrons. The van der Waals surface area contributed by atoms with E-state index in [-0.39, 0.29) is 5.79 Å². The molecule has 2 aliphatic rings. The highest BCUT2D eigenvalue weighted by atomic mass is 16.7. The molecule has 2 nitrogen and oxygen atoms in total. The topological polar surface area (TPSA) is 18.5 Å². The van der Waals surface area contributed by atoms with Gasteiger partial charge in [-0.15, -0.1) is 0 Å². The first-order valence-corrected chi connectivity index (χ1v) is 4.70. The summed E-state index contributed by atoms with van der Waals surface area (Å²) in [7, 11) is 0. The van der Waals surface area contributed by atoms with E-state index in [2.05, 4.69) is 13.8 Å². The van der Waals surface area contributed by atoms with E-state index in [1.807, 2.05) is 6.08 Å². The van der Waals surface area contributed by atoms with Crippen molar-refractivity contribution >= 4 is 0 Å². The van der Waals surface area contributed by atoms with Crippen LogP contribution in [-0.2, 0) is 9.47 Å². The summed E-state index contributed by atoms with van der Waals surface area (Å²) in [5.41, 5.74) is 0. The number of ether oxygens (including phenoxy) is 2. The normalized spacial score (nSPS) is 46.5. The molecule has 0 aromatic carbocycles. The smallest absolute Gasteiger partial charge is 0.215 e. The second-order valence-corrected chi connectivity index (χ2v) is 4.06. The van der Waals surface area contributed by atoms with Crippen LogP contribution in [0, 0.1) is 11.8 Å². The lowest BCUT2D eigenvalue weighted by Crippen LogP contribution is -2.44. The Balaban J connectivity index is 2.07.